The molecule has 2 unspecified atom stereocenters. The summed E-state index contributed by atoms with van der Waals surface area (Å²) in [7, 11) is 0. The van der Waals surface area contributed by atoms with Crippen LogP contribution in [-0.4, -0.2) is 13.1 Å². The van der Waals surface area contributed by atoms with Crippen molar-refractivity contribution in [1.82, 2.24) is 5.32 Å². The van der Waals surface area contributed by atoms with E-state index in [1.165, 1.54) is 43.4 Å². The van der Waals surface area contributed by atoms with Gasteiger partial charge in [-0.1, -0.05) is 36.8 Å². The Labute approximate surface area is 111 Å². The molecule has 0 aliphatic heterocycles. The van der Waals surface area contributed by atoms with Crippen LogP contribution in [0, 0.1) is 24.2 Å². The summed E-state index contributed by atoms with van der Waals surface area (Å²) in [5.41, 5.74) is 3.45. The Bertz CT molecular complexity index is 396. The minimum absolute atomic E-state index is 0.554. The molecule has 2 saturated carbocycles. The Hall–Kier alpha value is -0.820. The molecule has 1 N–H and O–H groups in total. The Morgan fingerprint density at radius 2 is 1.83 bits per heavy atom. The number of nitrogens with one attached hydrogen (secondary N) is 1. The number of rotatable bonds is 5. The standard InChI is InChI=1S/C17H25N/c1-3-18-12-17(10-15-8-16(15)11-17)9-14-6-4-13(2)5-7-14/h4-7,15-16,18H,3,8-12H2,1-2H3. The summed E-state index contributed by atoms with van der Waals surface area (Å²) in [5, 5.41) is 3.60. The number of benzene rings is 1. The predicted molar refractivity (Wildman–Crippen MR) is 76.7 cm³/mol. The monoisotopic (exact) mass is 243 g/mol. The molecule has 1 aromatic rings. The Kier molecular flexibility index (Phi) is 3.19. The molecule has 2 aliphatic carbocycles. The van der Waals surface area contributed by atoms with Gasteiger partial charge in [-0.3, -0.25) is 0 Å². The van der Waals surface area contributed by atoms with E-state index in [0.717, 1.165) is 18.4 Å². The van der Waals surface area contributed by atoms with E-state index in [9.17, 15) is 0 Å². The van der Waals surface area contributed by atoms with E-state index in [-0.39, 0.29) is 0 Å². The van der Waals surface area contributed by atoms with Crippen LogP contribution in [-0.2, 0) is 6.42 Å². The van der Waals surface area contributed by atoms with Crippen molar-refractivity contribution in [3.8, 4) is 0 Å². The van der Waals surface area contributed by atoms with Gasteiger partial charge in [0.05, 0.1) is 0 Å². The molecule has 0 bridgehead atoms. The van der Waals surface area contributed by atoms with Gasteiger partial charge in [0, 0.05) is 6.54 Å². The van der Waals surface area contributed by atoms with Crippen molar-refractivity contribution in [2.24, 2.45) is 17.3 Å². The van der Waals surface area contributed by atoms with Crippen LogP contribution >= 0.6 is 0 Å². The van der Waals surface area contributed by atoms with Crippen LogP contribution in [0.4, 0.5) is 0 Å². The topological polar surface area (TPSA) is 12.0 Å². The molecule has 18 heavy (non-hydrogen) atoms. The molecule has 1 heteroatoms. The van der Waals surface area contributed by atoms with Crippen LogP contribution in [0.25, 0.3) is 0 Å². The lowest BCUT2D eigenvalue weighted by molar-refractivity contribution is 0.250. The molecule has 2 fully saturated rings. The predicted octanol–water partition coefficient (Wildman–Crippen LogP) is 3.56. The van der Waals surface area contributed by atoms with Gasteiger partial charge in [-0.15, -0.1) is 0 Å². The third kappa shape index (κ3) is 2.47. The first-order chi connectivity index (χ1) is 8.71. The SMILES string of the molecule is CCNCC1(Cc2ccc(C)cc2)CC2CC2C1. The average molecular weight is 243 g/mol. The quantitative estimate of drug-likeness (QED) is 0.833. The molecule has 0 spiro atoms. The summed E-state index contributed by atoms with van der Waals surface area (Å²) >= 11 is 0. The molecule has 2 atom stereocenters. The van der Waals surface area contributed by atoms with Crippen molar-refractivity contribution in [2.75, 3.05) is 13.1 Å². The van der Waals surface area contributed by atoms with E-state index in [4.69, 9.17) is 0 Å². The van der Waals surface area contributed by atoms with Crippen molar-refractivity contribution in [2.45, 2.75) is 39.5 Å². The van der Waals surface area contributed by atoms with Crippen molar-refractivity contribution >= 4 is 0 Å². The van der Waals surface area contributed by atoms with Crippen LogP contribution < -0.4 is 5.32 Å². The lowest BCUT2D eigenvalue weighted by Crippen LogP contribution is -2.35. The molecule has 0 saturated heterocycles. The van der Waals surface area contributed by atoms with Gasteiger partial charge in [-0.2, -0.15) is 0 Å². The molecule has 98 valence electrons. The first-order valence-corrected chi connectivity index (χ1v) is 7.47. The number of hydrogen-bond donors (Lipinski definition) is 1. The molecule has 1 aromatic carbocycles. The minimum Gasteiger partial charge on any atom is -0.316 e. The second-order valence-corrected chi connectivity index (χ2v) is 6.61. The van der Waals surface area contributed by atoms with Crippen molar-refractivity contribution in [3.63, 3.8) is 0 Å². The number of hydrogen-bond acceptors (Lipinski definition) is 1. The lowest BCUT2D eigenvalue weighted by atomic mass is 9.77. The van der Waals surface area contributed by atoms with E-state index < -0.39 is 0 Å². The average Bonchev–Trinajstić information content (AvgIpc) is 2.98. The summed E-state index contributed by atoms with van der Waals surface area (Å²) in [6.45, 7) is 6.70. The van der Waals surface area contributed by atoms with Gasteiger partial charge in [0.15, 0.2) is 0 Å². The molecule has 0 aromatic heterocycles. The van der Waals surface area contributed by atoms with E-state index in [2.05, 4.69) is 43.4 Å². The first-order valence-electron chi connectivity index (χ1n) is 7.47. The van der Waals surface area contributed by atoms with Gasteiger partial charge in [-0.25, -0.2) is 0 Å². The third-order valence-electron chi connectivity index (χ3n) is 4.91. The maximum atomic E-state index is 3.60. The fourth-order valence-electron chi connectivity index (χ4n) is 3.89. The molecule has 1 nitrogen and oxygen atoms in total. The minimum atomic E-state index is 0.554. The summed E-state index contributed by atoms with van der Waals surface area (Å²) < 4.78 is 0. The zero-order valence-electron chi connectivity index (χ0n) is 11.7. The lowest BCUT2D eigenvalue weighted by Gasteiger charge is -2.31. The van der Waals surface area contributed by atoms with E-state index >= 15 is 0 Å². The molecule has 0 radical (unpaired) electrons. The molecule has 3 rings (SSSR count). The van der Waals surface area contributed by atoms with Crippen LogP contribution in [0.3, 0.4) is 0 Å². The van der Waals surface area contributed by atoms with Gasteiger partial charge < -0.3 is 5.32 Å². The Balaban J connectivity index is 1.71. The van der Waals surface area contributed by atoms with Crippen LogP contribution in [0.1, 0.15) is 37.3 Å². The van der Waals surface area contributed by atoms with Crippen molar-refractivity contribution < 1.29 is 0 Å². The number of aryl methyl sites for hydroxylation is 1. The third-order valence-corrected chi connectivity index (χ3v) is 4.91. The van der Waals surface area contributed by atoms with E-state index in [1.54, 1.807) is 0 Å². The maximum absolute atomic E-state index is 3.60. The largest absolute Gasteiger partial charge is 0.316 e. The second-order valence-electron chi connectivity index (χ2n) is 6.61. The molecule has 0 amide bonds. The van der Waals surface area contributed by atoms with Crippen molar-refractivity contribution in [3.05, 3.63) is 35.4 Å². The molecular weight excluding hydrogens is 218 g/mol. The number of fused-ring (bicyclic) bond motifs is 1. The highest BCUT2D eigenvalue weighted by molar-refractivity contribution is 5.23. The molecular formula is C17H25N. The highest BCUT2D eigenvalue weighted by atomic mass is 14.9. The summed E-state index contributed by atoms with van der Waals surface area (Å²) in [5.74, 6) is 2.13. The molecule has 0 heterocycles. The fourth-order valence-corrected chi connectivity index (χ4v) is 3.89. The summed E-state index contributed by atoms with van der Waals surface area (Å²) in [6, 6.07) is 9.16. The highest BCUT2D eigenvalue weighted by Crippen LogP contribution is 2.60. The van der Waals surface area contributed by atoms with Gasteiger partial charge >= 0.3 is 0 Å². The van der Waals surface area contributed by atoms with Crippen LogP contribution in [0.2, 0.25) is 0 Å². The summed E-state index contributed by atoms with van der Waals surface area (Å²) in [4.78, 5) is 0. The Morgan fingerprint density at radius 3 is 2.44 bits per heavy atom. The van der Waals surface area contributed by atoms with Crippen LogP contribution in [0.15, 0.2) is 24.3 Å². The Morgan fingerprint density at radius 1 is 1.17 bits per heavy atom. The second kappa shape index (κ2) is 4.70. The van der Waals surface area contributed by atoms with Gasteiger partial charge in [0.1, 0.15) is 0 Å². The van der Waals surface area contributed by atoms with E-state index in [1.807, 2.05) is 0 Å². The first kappa shape index (κ1) is 12.2. The smallest absolute Gasteiger partial charge is 0.00111 e. The maximum Gasteiger partial charge on any atom is 0.00111 e. The summed E-state index contributed by atoms with van der Waals surface area (Å²) in [6.07, 6.45) is 5.70. The van der Waals surface area contributed by atoms with Gasteiger partial charge in [0.2, 0.25) is 0 Å². The van der Waals surface area contributed by atoms with Crippen LogP contribution in [0.5, 0.6) is 0 Å². The molecule has 2 aliphatic rings. The van der Waals surface area contributed by atoms with Gasteiger partial charge in [-0.05, 0) is 62.0 Å². The van der Waals surface area contributed by atoms with Crippen molar-refractivity contribution in [1.29, 1.82) is 0 Å². The zero-order chi connectivity index (χ0) is 12.6. The highest BCUT2D eigenvalue weighted by Gasteiger charge is 2.53. The fraction of sp³-hybridized carbons (Fsp3) is 0.647. The van der Waals surface area contributed by atoms with E-state index in [0.29, 0.717) is 5.41 Å². The van der Waals surface area contributed by atoms with Gasteiger partial charge in [0.25, 0.3) is 0 Å². The zero-order valence-corrected chi connectivity index (χ0v) is 11.7. The normalized spacial score (nSPS) is 33.4.